The number of para-hydroxylation sites is 2. The molecule has 0 aromatic heterocycles. The number of benzene rings is 2. The summed E-state index contributed by atoms with van der Waals surface area (Å²) in [7, 11) is 0. The molecule has 7 nitrogen and oxygen atoms in total. The van der Waals surface area contributed by atoms with Crippen LogP contribution < -0.4 is 26.2 Å². The Kier molecular flexibility index (Phi) is 6.91. The van der Waals surface area contributed by atoms with E-state index < -0.39 is 11.5 Å². The SMILES string of the molecule is CC(C)Oc1ccccc1NC(=O)CSC1NNC(c2ccccc2)C(=O)N1. The van der Waals surface area contributed by atoms with Gasteiger partial charge in [-0.2, -0.15) is 0 Å². The highest BCUT2D eigenvalue weighted by atomic mass is 32.2. The number of thioether (sulfide) groups is 1. The van der Waals surface area contributed by atoms with Crippen LogP contribution in [0.5, 0.6) is 5.75 Å². The summed E-state index contributed by atoms with van der Waals surface area (Å²) < 4.78 is 5.71. The standard InChI is InChI=1S/C20H24N4O3S/c1-13(2)27-16-11-7-6-10-15(16)21-17(25)12-28-20-22-19(26)18(23-24-20)14-8-4-3-5-9-14/h3-11,13,18,20,23-24H,12H2,1-2H3,(H,21,25)(H,22,26). The van der Waals surface area contributed by atoms with E-state index in [2.05, 4.69) is 21.5 Å². The molecule has 0 spiro atoms. The zero-order valence-electron chi connectivity index (χ0n) is 15.8. The number of hydrogen-bond donors (Lipinski definition) is 4. The molecule has 0 saturated carbocycles. The van der Waals surface area contributed by atoms with Crippen molar-refractivity contribution in [2.75, 3.05) is 11.1 Å². The van der Waals surface area contributed by atoms with Crippen LogP contribution in [0, 0.1) is 0 Å². The van der Waals surface area contributed by atoms with Crippen LogP contribution >= 0.6 is 11.8 Å². The Morgan fingerprint density at radius 2 is 1.82 bits per heavy atom. The lowest BCUT2D eigenvalue weighted by atomic mass is 10.1. The first-order valence-corrected chi connectivity index (χ1v) is 10.1. The minimum absolute atomic E-state index is 0.0118. The Hall–Kier alpha value is -2.55. The van der Waals surface area contributed by atoms with E-state index in [4.69, 9.17) is 4.74 Å². The normalized spacial score (nSPS) is 19.2. The topological polar surface area (TPSA) is 91.5 Å². The highest BCUT2D eigenvalue weighted by Crippen LogP contribution is 2.25. The largest absolute Gasteiger partial charge is 0.489 e. The van der Waals surface area contributed by atoms with E-state index in [1.54, 1.807) is 6.07 Å². The molecule has 0 bridgehead atoms. The molecule has 1 fully saturated rings. The summed E-state index contributed by atoms with van der Waals surface area (Å²) in [5.74, 6) is 0.489. The number of anilines is 1. The van der Waals surface area contributed by atoms with Crippen molar-refractivity contribution in [1.29, 1.82) is 0 Å². The lowest BCUT2D eigenvalue weighted by Gasteiger charge is -2.31. The number of hydrogen-bond acceptors (Lipinski definition) is 6. The maximum absolute atomic E-state index is 12.3. The quantitative estimate of drug-likeness (QED) is 0.571. The van der Waals surface area contributed by atoms with Crippen molar-refractivity contribution in [3.63, 3.8) is 0 Å². The van der Waals surface area contributed by atoms with Crippen molar-refractivity contribution in [1.82, 2.24) is 16.2 Å². The molecule has 2 aromatic carbocycles. The van der Waals surface area contributed by atoms with Crippen LogP contribution in [-0.2, 0) is 9.59 Å². The summed E-state index contributed by atoms with van der Waals surface area (Å²) >= 11 is 1.29. The van der Waals surface area contributed by atoms with E-state index in [0.717, 1.165) is 5.56 Å². The van der Waals surface area contributed by atoms with E-state index in [-0.39, 0.29) is 23.7 Å². The Morgan fingerprint density at radius 3 is 2.54 bits per heavy atom. The zero-order chi connectivity index (χ0) is 19.9. The number of ether oxygens (including phenoxy) is 1. The number of carbonyl (C=O) groups excluding carboxylic acids is 2. The van der Waals surface area contributed by atoms with E-state index in [0.29, 0.717) is 11.4 Å². The molecule has 8 heteroatoms. The van der Waals surface area contributed by atoms with Crippen molar-refractivity contribution in [2.24, 2.45) is 0 Å². The highest BCUT2D eigenvalue weighted by molar-refractivity contribution is 8.00. The van der Waals surface area contributed by atoms with Crippen LogP contribution in [0.2, 0.25) is 0 Å². The highest BCUT2D eigenvalue weighted by Gasteiger charge is 2.28. The monoisotopic (exact) mass is 400 g/mol. The van der Waals surface area contributed by atoms with Gasteiger partial charge in [0.25, 0.3) is 0 Å². The molecule has 3 rings (SSSR count). The third-order valence-electron chi connectivity index (χ3n) is 3.93. The number of rotatable bonds is 7. The molecule has 28 heavy (non-hydrogen) atoms. The Balaban J connectivity index is 1.49. The maximum Gasteiger partial charge on any atom is 0.244 e. The first-order chi connectivity index (χ1) is 13.5. The van der Waals surface area contributed by atoms with Gasteiger partial charge in [0.15, 0.2) is 0 Å². The van der Waals surface area contributed by atoms with Crippen LogP contribution in [0.1, 0.15) is 25.5 Å². The second kappa shape index (κ2) is 9.59. The summed E-state index contributed by atoms with van der Waals surface area (Å²) in [6.07, 6.45) is 0.0118. The second-order valence-electron chi connectivity index (χ2n) is 6.54. The van der Waals surface area contributed by atoms with Crippen LogP contribution in [0.25, 0.3) is 0 Å². The van der Waals surface area contributed by atoms with Crippen molar-refractivity contribution < 1.29 is 14.3 Å². The molecule has 1 heterocycles. The summed E-state index contributed by atoms with van der Waals surface area (Å²) in [6, 6.07) is 16.3. The van der Waals surface area contributed by atoms with Gasteiger partial charge in [-0.1, -0.05) is 42.5 Å². The Labute approximate surface area is 168 Å². The van der Waals surface area contributed by atoms with Crippen LogP contribution in [0.4, 0.5) is 5.69 Å². The number of nitrogens with one attached hydrogen (secondary N) is 4. The van der Waals surface area contributed by atoms with E-state index in [9.17, 15) is 9.59 Å². The first kappa shape index (κ1) is 20.2. The first-order valence-electron chi connectivity index (χ1n) is 9.06. The molecule has 2 unspecified atom stereocenters. The predicted molar refractivity (Wildman–Crippen MR) is 111 cm³/mol. The Bertz CT molecular complexity index is 816. The lowest BCUT2D eigenvalue weighted by molar-refractivity contribution is -0.126. The molecule has 148 valence electrons. The van der Waals surface area contributed by atoms with Crippen molar-refractivity contribution in [2.45, 2.75) is 31.5 Å². The zero-order valence-corrected chi connectivity index (χ0v) is 16.6. The van der Waals surface area contributed by atoms with Gasteiger partial charge in [0.05, 0.1) is 17.5 Å². The third kappa shape index (κ3) is 5.48. The predicted octanol–water partition coefficient (Wildman–Crippen LogP) is 2.39. The van der Waals surface area contributed by atoms with E-state index in [1.807, 2.05) is 62.4 Å². The number of hydrazine groups is 1. The van der Waals surface area contributed by atoms with Crippen LogP contribution in [-0.4, -0.2) is 29.2 Å². The molecule has 0 aliphatic carbocycles. The molecular formula is C20H24N4O3S. The average molecular weight is 401 g/mol. The molecule has 1 aliphatic heterocycles. The molecule has 4 N–H and O–H groups in total. The second-order valence-corrected chi connectivity index (χ2v) is 7.64. The fourth-order valence-corrected chi connectivity index (χ4v) is 3.45. The smallest absolute Gasteiger partial charge is 0.244 e. The number of amides is 2. The van der Waals surface area contributed by atoms with E-state index in [1.165, 1.54) is 11.8 Å². The van der Waals surface area contributed by atoms with Crippen LogP contribution in [0.3, 0.4) is 0 Å². The summed E-state index contributed by atoms with van der Waals surface area (Å²) in [4.78, 5) is 24.7. The van der Waals surface area contributed by atoms with Gasteiger partial charge in [0.2, 0.25) is 11.8 Å². The minimum Gasteiger partial charge on any atom is -0.489 e. The number of carbonyl (C=O) groups is 2. The summed E-state index contributed by atoms with van der Waals surface area (Å²) in [5, 5.41) is 5.72. The molecule has 1 aliphatic rings. The molecule has 2 atom stereocenters. The van der Waals surface area contributed by atoms with Gasteiger partial charge in [-0.15, -0.1) is 11.8 Å². The minimum atomic E-state index is -0.466. The molecular weight excluding hydrogens is 376 g/mol. The van der Waals surface area contributed by atoms with Gasteiger partial charge in [-0.3, -0.25) is 9.59 Å². The van der Waals surface area contributed by atoms with Crippen molar-refractivity contribution in [3.05, 3.63) is 60.2 Å². The van der Waals surface area contributed by atoms with Gasteiger partial charge in [-0.05, 0) is 31.5 Å². The molecule has 2 aromatic rings. The van der Waals surface area contributed by atoms with Gasteiger partial charge in [0, 0.05) is 0 Å². The molecule has 2 amide bonds. The van der Waals surface area contributed by atoms with Gasteiger partial charge in [-0.25, -0.2) is 10.9 Å². The molecule has 1 saturated heterocycles. The fraction of sp³-hybridized carbons (Fsp3) is 0.300. The van der Waals surface area contributed by atoms with E-state index >= 15 is 0 Å². The van der Waals surface area contributed by atoms with Crippen LogP contribution in [0.15, 0.2) is 54.6 Å². The summed E-state index contributed by atoms with van der Waals surface area (Å²) in [5.41, 5.74) is 7.13. The maximum atomic E-state index is 12.3. The average Bonchev–Trinajstić information content (AvgIpc) is 2.68. The third-order valence-corrected chi connectivity index (χ3v) is 4.93. The van der Waals surface area contributed by atoms with Crippen molar-refractivity contribution in [3.8, 4) is 5.75 Å². The van der Waals surface area contributed by atoms with Gasteiger partial charge in [0.1, 0.15) is 17.3 Å². The Morgan fingerprint density at radius 1 is 1.11 bits per heavy atom. The van der Waals surface area contributed by atoms with Gasteiger partial charge >= 0.3 is 0 Å². The van der Waals surface area contributed by atoms with Gasteiger partial charge < -0.3 is 15.4 Å². The lowest BCUT2D eigenvalue weighted by Crippen LogP contribution is -2.60. The summed E-state index contributed by atoms with van der Waals surface area (Å²) in [6.45, 7) is 3.86. The molecule has 0 radical (unpaired) electrons. The fourth-order valence-electron chi connectivity index (χ4n) is 2.71. The van der Waals surface area contributed by atoms with Crippen molar-refractivity contribution >= 4 is 29.3 Å².